The molecule has 0 saturated heterocycles. The second kappa shape index (κ2) is 5.61. The molecule has 0 nitrogen and oxygen atoms in total. The number of benzene rings is 1. The van der Waals surface area contributed by atoms with Crippen molar-refractivity contribution in [2.24, 2.45) is 11.3 Å². The third-order valence-electron chi connectivity index (χ3n) is 4.20. The van der Waals surface area contributed by atoms with E-state index in [2.05, 4.69) is 13.8 Å². The van der Waals surface area contributed by atoms with Crippen molar-refractivity contribution in [3.8, 4) is 0 Å². The minimum absolute atomic E-state index is 0.0231. The average Bonchev–Trinajstić information content (AvgIpc) is 2.27. The zero-order valence-corrected chi connectivity index (χ0v) is 13.1. The van der Waals surface area contributed by atoms with Crippen molar-refractivity contribution in [1.82, 2.24) is 0 Å². The maximum Gasteiger partial charge on any atom is 0.0633 e. The molecule has 1 aromatic rings. The third-order valence-corrected chi connectivity index (χ3v) is 5.30. The molecule has 2 unspecified atom stereocenters. The van der Waals surface area contributed by atoms with Crippen LogP contribution in [0.3, 0.4) is 0 Å². The number of hydrogen-bond donors (Lipinski definition) is 0. The lowest BCUT2D eigenvalue weighted by Crippen LogP contribution is -2.31. The van der Waals surface area contributed by atoms with Gasteiger partial charge >= 0.3 is 0 Å². The molecule has 0 heterocycles. The van der Waals surface area contributed by atoms with Crippen molar-refractivity contribution in [1.29, 1.82) is 0 Å². The monoisotopic (exact) mass is 304 g/mol. The van der Waals surface area contributed by atoms with Gasteiger partial charge in [0, 0.05) is 10.0 Å². The number of rotatable bonds is 2. The van der Waals surface area contributed by atoms with Gasteiger partial charge in [-0.2, -0.15) is 0 Å². The highest BCUT2D eigenvalue weighted by Gasteiger charge is 2.37. The average molecular weight is 306 g/mol. The molecule has 0 aliphatic heterocycles. The lowest BCUT2D eigenvalue weighted by atomic mass is 9.66. The normalized spacial score (nSPS) is 24.8. The van der Waals surface area contributed by atoms with Crippen molar-refractivity contribution in [3.05, 3.63) is 33.8 Å². The van der Waals surface area contributed by atoms with Gasteiger partial charge in [-0.3, -0.25) is 0 Å². The van der Waals surface area contributed by atoms with E-state index in [1.165, 1.54) is 25.7 Å². The summed E-state index contributed by atoms with van der Waals surface area (Å²) in [5.41, 5.74) is 1.30. The van der Waals surface area contributed by atoms with Crippen LogP contribution < -0.4 is 0 Å². The first-order valence-corrected chi connectivity index (χ1v) is 7.70. The molecule has 18 heavy (non-hydrogen) atoms. The standard InChI is InChI=1S/C15H19Cl3/c1-15(2)8-4-3-5-12(15)14(18)11-7-6-10(16)9-13(11)17/h6-7,9,12,14H,3-5,8H2,1-2H3. The quantitative estimate of drug-likeness (QED) is 0.548. The Kier molecular flexibility index (Phi) is 4.52. The summed E-state index contributed by atoms with van der Waals surface area (Å²) in [7, 11) is 0. The van der Waals surface area contributed by atoms with Gasteiger partial charge < -0.3 is 0 Å². The molecule has 1 aliphatic rings. The summed E-state index contributed by atoms with van der Waals surface area (Å²) in [4.78, 5) is 0. The molecule has 1 aliphatic carbocycles. The Bertz CT molecular complexity index is 426. The molecule has 100 valence electrons. The molecule has 1 fully saturated rings. The summed E-state index contributed by atoms with van der Waals surface area (Å²) in [5, 5.41) is 1.32. The van der Waals surface area contributed by atoms with Crippen LogP contribution in [-0.2, 0) is 0 Å². The molecule has 2 rings (SSSR count). The molecule has 0 radical (unpaired) electrons. The van der Waals surface area contributed by atoms with Crippen LogP contribution >= 0.6 is 34.8 Å². The molecule has 0 bridgehead atoms. The first-order valence-electron chi connectivity index (χ1n) is 6.51. The Morgan fingerprint density at radius 3 is 2.56 bits per heavy atom. The van der Waals surface area contributed by atoms with Crippen LogP contribution in [-0.4, -0.2) is 0 Å². The highest BCUT2D eigenvalue weighted by molar-refractivity contribution is 6.35. The van der Waals surface area contributed by atoms with Gasteiger partial charge in [-0.1, -0.05) is 56.0 Å². The van der Waals surface area contributed by atoms with Crippen molar-refractivity contribution < 1.29 is 0 Å². The van der Waals surface area contributed by atoms with Crippen LogP contribution in [0.5, 0.6) is 0 Å². The van der Waals surface area contributed by atoms with Crippen molar-refractivity contribution in [2.45, 2.75) is 44.9 Å². The summed E-state index contributed by atoms with van der Waals surface area (Å²) in [6.45, 7) is 4.63. The molecule has 0 amide bonds. The fraction of sp³-hybridized carbons (Fsp3) is 0.600. The Morgan fingerprint density at radius 2 is 1.94 bits per heavy atom. The minimum Gasteiger partial charge on any atom is -0.117 e. The molecule has 1 saturated carbocycles. The summed E-state index contributed by atoms with van der Waals surface area (Å²) in [5.74, 6) is 0.478. The van der Waals surface area contributed by atoms with E-state index in [0.29, 0.717) is 16.0 Å². The number of halogens is 3. The van der Waals surface area contributed by atoms with Gasteiger partial charge in [-0.15, -0.1) is 11.6 Å². The minimum atomic E-state index is -0.0231. The zero-order valence-electron chi connectivity index (χ0n) is 10.8. The molecule has 3 heteroatoms. The van der Waals surface area contributed by atoms with E-state index in [4.69, 9.17) is 34.8 Å². The second-order valence-electron chi connectivity index (χ2n) is 5.91. The molecular formula is C15H19Cl3. The van der Waals surface area contributed by atoms with Gasteiger partial charge in [0.25, 0.3) is 0 Å². The fourth-order valence-corrected chi connectivity index (χ4v) is 4.24. The van der Waals surface area contributed by atoms with E-state index in [0.717, 1.165) is 5.56 Å². The fourth-order valence-electron chi connectivity index (χ4n) is 3.01. The van der Waals surface area contributed by atoms with Gasteiger partial charge in [0.05, 0.1) is 5.38 Å². The van der Waals surface area contributed by atoms with E-state index in [-0.39, 0.29) is 10.8 Å². The number of hydrogen-bond acceptors (Lipinski definition) is 0. The first kappa shape index (κ1) is 14.5. The van der Waals surface area contributed by atoms with E-state index in [9.17, 15) is 0 Å². The highest BCUT2D eigenvalue weighted by atomic mass is 35.5. The van der Waals surface area contributed by atoms with Crippen LogP contribution in [0, 0.1) is 11.3 Å². The zero-order chi connectivity index (χ0) is 13.3. The van der Waals surface area contributed by atoms with Crippen molar-refractivity contribution in [2.75, 3.05) is 0 Å². The molecule has 2 atom stereocenters. The van der Waals surface area contributed by atoms with E-state index < -0.39 is 0 Å². The summed E-state index contributed by atoms with van der Waals surface area (Å²) < 4.78 is 0. The molecule has 0 spiro atoms. The van der Waals surface area contributed by atoms with Gasteiger partial charge in [0.15, 0.2) is 0 Å². The van der Waals surface area contributed by atoms with Gasteiger partial charge in [0.2, 0.25) is 0 Å². The molecule has 1 aromatic carbocycles. The summed E-state index contributed by atoms with van der Waals surface area (Å²) in [6.07, 6.45) is 5.00. The van der Waals surface area contributed by atoms with Gasteiger partial charge in [0.1, 0.15) is 0 Å². The van der Waals surface area contributed by atoms with Crippen LogP contribution in [0.1, 0.15) is 50.5 Å². The van der Waals surface area contributed by atoms with Crippen LogP contribution in [0.15, 0.2) is 18.2 Å². The molecular weight excluding hydrogens is 287 g/mol. The predicted octanol–water partition coefficient (Wildman–Crippen LogP) is 6.49. The van der Waals surface area contributed by atoms with Gasteiger partial charge in [-0.25, -0.2) is 0 Å². The number of alkyl halides is 1. The maximum absolute atomic E-state index is 6.70. The Balaban J connectivity index is 2.27. The van der Waals surface area contributed by atoms with Crippen LogP contribution in [0.4, 0.5) is 0 Å². The first-order chi connectivity index (χ1) is 8.42. The van der Waals surface area contributed by atoms with Crippen LogP contribution in [0.25, 0.3) is 0 Å². The van der Waals surface area contributed by atoms with Gasteiger partial charge in [-0.05, 0) is 41.9 Å². The summed E-state index contributed by atoms with van der Waals surface area (Å²) in [6, 6.07) is 5.62. The van der Waals surface area contributed by atoms with E-state index in [1.54, 1.807) is 6.07 Å². The Labute approximate surface area is 125 Å². The largest absolute Gasteiger partial charge is 0.117 e. The smallest absolute Gasteiger partial charge is 0.0633 e. The van der Waals surface area contributed by atoms with Crippen molar-refractivity contribution in [3.63, 3.8) is 0 Å². The lowest BCUT2D eigenvalue weighted by Gasteiger charge is -2.41. The summed E-state index contributed by atoms with van der Waals surface area (Å²) >= 11 is 18.9. The SMILES string of the molecule is CC1(C)CCCCC1C(Cl)c1ccc(Cl)cc1Cl. The lowest BCUT2D eigenvalue weighted by molar-refractivity contribution is 0.133. The predicted molar refractivity (Wildman–Crippen MR) is 80.8 cm³/mol. The third kappa shape index (κ3) is 2.98. The maximum atomic E-state index is 6.70. The molecule has 0 aromatic heterocycles. The highest BCUT2D eigenvalue weighted by Crippen LogP contribution is 2.50. The topological polar surface area (TPSA) is 0 Å². The van der Waals surface area contributed by atoms with E-state index >= 15 is 0 Å². The Hall–Kier alpha value is 0.0900. The molecule has 0 N–H and O–H groups in total. The second-order valence-corrected chi connectivity index (χ2v) is 7.22. The Morgan fingerprint density at radius 1 is 1.22 bits per heavy atom. The van der Waals surface area contributed by atoms with E-state index in [1.807, 2.05) is 12.1 Å². The van der Waals surface area contributed by atoms with Crippen LogP contribution in [0.2, 0.25) is 10.0 Å². The van der Waals surface area contributed by atoms with Crippen molar-refractivity contribution >= 4 is 34.8 Å².